The topological polar surface area (TPSA) is 23.5 Å². The molecule has 0 amide bonds. The Kier molecular flexibility index (Phi) is 3.85. The Morgan fingerprint density at radius 3 is 2.59 bits per heavy atom. The fraction of sp³-hybridized carbons (Fsp3) is 0.600. The van der Waals surface area contributed by atoms with E-state index in [0.717, 1.165) is 32.4 Å². The van der Waals surface area contributed by atoms with Gasteiger partial charge in [-0.1, -0.05) is 37.3 Å². The zero-order chi connectivity index (χ0) is 12.3. The van der Waals surface area contributed by atoms with Crippen LogP contribution in [-0.4, -0.2) is 28.2 Å². The van der Waals surface area contributed by atoms with Gasteiger partial charge in [-0.3, -0.25) is 4.90 Å². The maximum atomic E-state index is 10.4. The summed E-state index contributed by atoms with van der Waals surface area (Å²) in [5, 5.41) is 10.4. The highest BCUT2D eigenvalue weighted by Gasteiger charge is 2.39. The van der Waals surface area contributed by atoms with Gasteiger partial charge in [0, 0.05) is 12.6 Å². The number of hydrogen-bond acceptors (Lipinski definition) is 2. The number of aliphatic hydroxyl groups is 1. The fourth-order valence-corrected chi connectivity index (χ4v) is 2.97. The Labute approximate surface area is 104 Å². The number of rotatable bonds is 4. The lowest BCUT2D eigenvalue weighted by Gasteiger charge is -2.36. The van der Waals surface area contributed by atoms with Crippen LogP contribution in [0.3, 0.4) is 0 Å². The second kappa shape index (κ2) is 5.19. The standard InChI is InChI=1S/C15H23NO/c1-3-16(12-13-8-5-4-6-9-13)14-10-7-11-15(14,2)17/h4-6,8-9,14,17H,3,7,10-12H2,1-2H3. The van der Waals surface area contributed by atoms with Crippen LogP contribution in [0.25, 0.3) is 0 Å². The highest BCUT2D eigenvalue weighted by Crippen LogP contribution is 2.33. The summed E-state index contributed by atoms with van der Waals surface area (Å²) in [5.41, 5.74) is 0.821. The summed E-state index contributed by atoms with van der Waals surface area (Å²) >= 11 is 0. The molecule has 0 aliphatic heterocycles. The molecule has 1 fully saturated rings. The number of hydrogen-bond donors (Lipinski definition) is 1. The predicted octanol–water partition coefficient (Wildman–Crippen LogP) is 2.81. The molecule has 0 spiro atoms. The fourth-order valence-electron chi connectivity index (χ4n) is 2.97. The van der Waals surface area contributed by atoms with Crippen molar-refractivity contribution in [2.24, 2.45) is 0 Å². The smallest absolute Gasteiger partial charge is 0.0774 e. The molecule has 2 atom stereocenters. The molecule has 2 nitrogen and oxygen atoms in total. The minimum atomic E-state index is -0.509. The molecule has 1 aromatic rings. The van der Waals surface area contributed by atoms with E-state index in [1.165, 1.54) is 5.56 Å². The molecular weight excluding hydrogens is 210 g/mol. The third kappa shape index (κ3) is 2.88. The zero-order valence-electron chi connectivity index (χ0n) is 10.9. The van der Waals surface area contributed by atoms with E-state index in [1.807, 2.05) is 13.0 Å². The quantitative estimate of drug-likeness (QED) is 0.864. The summed E-state index contributed by atoms with van der Waals surface area (Å²) in [7, 11) is 0. The highest BCUT2D eigenvalue weighted by molar-refractivity contribution is 5.15. The van der Waals surface area contributed by atoms with Crippen molar-refractivity contribution < 1.29 is 5.11 Å². The molecule has 0 heterocycles. The Balaban J connectivity index is 2.07. The molecule has 17 heavy (non-hydrogen) atoms. The van der Waals surface area contributed by atoms with E-state index in [2.05, 4.69) is 36.1 Å². The first-order valence-corrected chi connectivity index (χ1v) is 6.64. The number of benzene rings is 1. The minimum Gasteiger partial charge on any atom is -0.389 e. The average Bonchev–Trinajstić information content (AvgIpc) is 2.67. The second-order valence-electron chi connectivity index (χ2n) is 5.31. The van der Waals surface area contributed by atoms with Crippen LogP contribution >= 0.6 is 0 Å². The van der Waals surface area contributed by atoms with Crippen molar-refractivity contribution in [1.29, 1.82) is 0 Å². The first-order chi connectivity index (χ1) is 8.13. The van der Waals surface area contributed by atoms with Crippen molar-refractivity contribution >= 4 is 0 Å². The summed E-state index contributed by atoms with van der Waals surface area (Å²) in [6, 6.07) is 10.8. The molecule has 2 rings (SSSR count). The minimum absolute atomic E-state index is 0.313. The Bertz CT molecular complexity index is 347. The summed E-state index contributed by atoms with van der Waals surface area (Å²) in [6.45, 7) is 6.10. The van der Waals surface area contributed by atoms with Gasteiger partial charge in [0.1, 0.15) is 0 Å². The Morgan fingerprint density at radius 1 is 1.35 bits per heavy atom. The predicted molar refractivity (Wildman–Crippen MR) is 70.8 cm³/mol. The van der Waals surface area contributed by atoms with E-state index < -0.39 is 5.60 Å². The van der Waals surface area contributed by atoms with Crippen molar-refractivity contribution in [1.82, 2.24) is 4.90 Å². The van der Waals surface area contributed by atoms with E-state index in [4.69, 9.17) is 0 Å². The average molecular weight is 233 g/mol. The van der Waals surface area contributed by atoms with E-state index in [-0.39, 0.29) is 0 Å². The van der Waals surface area contributed by atoms with E-state index in [9.17, 15) is 5.11 Å². The molecule has 1 aliphatic carbocycles. The van der Waals surface area contributed by atoms with Crippen molar-refractivity contribution in [3.63, 3.8) is 0 Å². The molecule has 0 radical (unpaired) electrons. The van der Waals surface area contributed by atoms with Crippen LogP contribution in [0.5, 0.6) is 0 Å². The summed E-state index contributed by atoms with van der Waals surface area (Å²) < 4.78 is 0. The van der Waals surface area contributed by atoms with Gasteiger partial charge in [-0.25, -0.2) is 0 Å². The van der Waals surface area contributed by atoms with Gasteiger partial charge in [-0.15, -0.1) is 0 Å². The number of likely N-dealkylation sites (N-methyl/N-ethyl adjacent to an activating group) is 1. The zero-order valence-corrected chi connectivity index (χ0v) is 10.9. The van der Waals surface area contributed by atoms with Gasteiger partial charge in [0.15, 0.2) is 0 Å². The maximum absolute atomic E-state index is 10.4. The molecule has 0 aromatic heterocycles. The SMILES string of the molecule is CCN(Cc1ccccc1)C1CCCC1(C)O. The van der Waals surface area contributed by atoms with E-state index in [1.54, 1.807) is 0 Å². The van der Waals surface area contributed by atoms with Crippen molar-refractivity contribution in [2.45, 2.75) is 51.3 Å². The van der Waals surface area contributed by atoms with Gasteiger partial charge >= 0.3 is 0 Å². The lowest BCUT2D eigenvalue weighted by Crippen LogP contribution is -2.47. The summed E-state index contributed by atoms with van der Waals surface area (Å²) in [5.74, 6) is 0. The van der Waals surface area contributed by atoms with Crippen LogP contribution in [0.15, 0.2) is 30.3 Å². The molecular formula is C15H23NO. The molecule has 1 aromatic carbocycles. The molecule has 94 valence electrons. The van der Waals surface area contributed by atoms with E-state index >= 15 is 0 Å². The van der Waals surface area contributed by atoms with Gasteiger partial charge in [0.05, 0.1) is 5.60 Å². The van der Waals surface area contributed by atoms with Crippen LogP contribution in [-0.2, 0) is 6.54 Å². The van der Waals surface area contributed by atoms with Gasteiger partial charge in [-0.2, -0.15) is 0 Å². The van der Waals surface area contributed by atoms with Gasteiger partial charge in [0.2, 0.25) is 0 Å². The Morgan fingerprint density at radius 2 is 2.06 bits per heavy atom. The van der Waals surface area contributed by atoms with E-state index in [0.29, 0.717) is 6.04 Å². The van der Waals surface area contributed by atoms with Gasteiger partial charge in [0.25, 0.3) is 0 Å². The van der Waals surface area contributed by atoms with Crippen molar-refractivity contribution in [3.8, 4) is 0 Å². The van der Waals surface area contributed by atoms with Crippen LogP contribution < -0.4 is 0 Å². The van der Waals surface area contributed by atoms with Crippen LogP contribution in [0.2, 0.25) is 0 Å². The lowest BCUT2D eigenvalue weighted by atomic mass is 9.98. The van der Waals surface area contributed by atoms with Gasteiger partial charge < -0.3 is 5.11 Å². The molecule has 1 saturated carbocycles. The Hall–Kier alpha value is -0.860. The van der Waals surface area contributed by atoms with Gasteiger partial charge in [-0.05, 0) is 38.3 Å². The first kappa shape index (κ1) is 12.6. The third-order valence-electron chi connectivity index (χ3n) is 3.95. The first-order valence-electron chi connectivity index (χ1n) is 6.64. The molecule has 1 aliphatic rings. The largest absolute Gasteiger partial charge is 0.389 e. The monoisotopic (exact) mass is 233 g/mol. The van der Waals surface area contributed by atoms with Crippen molar-refractivity contribution in [2.75, 3.05) is 6.54 Å². The normalized spacial score (nSPS) is 28.8. The highest BCUT2D eigenvalue weighted by atomic mass is 16.3. The molecule has 0 saturated heterocycles. The van der Waals surface area contributed by atoms with Crippen LogP contribution in [0, 0.1) is 0 Å². The molecule has 0 bridgehead atoms. The molecule has 2 unspecified atom stereocenters. The van der Waals surface area contributed by atoms with Crippen LogP contribution in [0.4, 0.5) is 0 Å². The molecule has 2 heteroatoms. The van der Waals surface area contributed by atoms with Crippen molar-refractivity contribution in [3.05, 3.63) is 35.9 Å². The summed E-state index contributed by atoms with van der Waals surface area (Å²) in [6.07, 6.45) is 3.19. The second-order valence-corrected chi connectivity index (χ2v) is 5.31. The molecule has 1 N–H and O–H groups in total. The summed E-state index contributed by atoms with van der Waals surface area (Å²) in [4.78, 5) is 2.41. The number of nitrogens with zero attached hydrogens (tertiary/aromatic N) is 1. The van der Waals surface area contributed by atoms with Crippen LogP contribution in [0.1, 0.15) is 38.7 Å². The third-order valence-corrected chi connectivity index (χ3v) is 3.95. The maximum Gasteiger partial charge on any atom is 0.0774 e. The lowest BCUT2D eigenvalue weighted by molar-refractivity contribution is -0.0144.